The molecule has 230 valence electrons. The molecule has 0 fully saturated rings. The highest BCUT2D eigenvalue weighted by atomic mass is 16.2. The standard InChI is InChI=1S/C29H24N12O5/c30-21-22(24(43)23(21)42)31-11-13-2-1-3-14(8-13)12-32-26(44)19-10-20(41-28(34-19)35-29(46)38-41)27(45)33-18-7-5-15-9-16(4-6-17(15)18)25-36-39-40-37-25/h1-4,6,8-10,18,31H,5,7,11-12,30H2,(H,32,44)(H,33,45)(H,38,46)(H,36,37,39,40)/t18-/m0/s1. The minimum Gasteiger partial charge on any atom is -0.394 e. The largest absolute Gasteiger partial charge is 0.394 e. The number of aromatic amines is 2. The summed E-state index contributed by atoms with van der Waals surface area (Å²) in [5.74, 6) is -0.784. The Hall–Kier alpha value is -6.52. The summed E-state index contributed by atoms with van der Waals surface area (Å²) in [6.07, 6.45) is 1.36. The molecule has 1 aliphatic carbocycles. The molecule has 3 aromatic heterocycles. The fourth-order valence-electron chi connectivity index (χ4n) is 5.49. The molecule has 0 spiro atoms. The van der Waals surface area contributed by atoms with Gasteiger partial charge in [-0.2, -0.15) is 10.2 Å². The summed E-state index contributed by atoms with van der Waals surface area (Å²) < 4.78 is 1.14. The van der Waals surface area contributed by atoms with E-state index in [1.165, 1.54) is 6.07 Å². The van der Waals surface area contributed by atoms with Gasteiger partial charge in [-0.1, -0.05) is 36.4 Å². The SMILES string of the molecule is Nc1c(NCc2cccc(CNC(=O)c3cc(C(=O)N[C@H]4CCc5cc(-c6nn[nH]n6)ccc54)n4[nH]c(=O)nc4n3)c2)c(=O)c1=O. The van der Waals surface area contributed by atoms with E-state index in [0.717, 1.165) is 32.3 Å². The van der Waals surface area contributed by atoms with Crippen LogP contribution in [0.4, 0.5) is 11.4 Å². The Labute approximate surface area is 257 Å². The van der Waals surface area contributed by atoms with Crippen molar-refractivity contribution in [1.29, 1.82) is 0 Å². The summed E-state index contributed by atoms with van der Waals surface area (Å²) in [6, 6.07) is 13.9. The van der Waals surface area contributed by atoms with Gasteiger partial charge in [0.25, 0.3) is 28.4 Å². The molecule has 0 saturated heterocycles. The fraction of sp³-hybridized carbons (Fsp3) is 0.172. The van der Waals surface area contributed by atoms with E-state index in [9.17, 15) is 24.0 Å². The van der Waals surface area contributed by atoms with Crippen LogP contribution in [0.2, 0.25) is 0 Å². The first-order chi connectivity index (χ1) is 22.2. The Morgan fingerprint density at radius 3 is 2.59 bits per heavy atom. The first kappa shape index (κ1) is 28.3. The number of nitrogens with zero attached hydrogens (tertiary/aromatic N) is 6. The molecule has 0 bridgehead atoms. The Morgan fingerprint density at radius 1 is 0.978 bits per heavy atom. The average molecular weight is 621 g/mol. The van der Waals surface area contributed by atoms with Gasteiger partial charge in [-0.25, -0.2) is 19.4 Å². The molecule has 3 heterocycles. The number of aromatic nitrogens is 8. The maximum atomic E-state index is 13.5. The van der Waals surface area contributed by atoms with E-state index in [1.54, 1.807) is 12.1 Å². The van der Waals surface area contributed by atoms with Crippen LogP contribution < -0.4 is 38.2 Å². The fourth-order valence-corrected chi connectivity index (χ4v) is 5.49. The number of fused-ring (bicyclic) bond motifs is 2. The zero-order chi connectivity index (χ0) is 31.9. The lowest BCUT2D eigenvalue weighted by atomic mass is 10.0. The van der Waals surface area contributed by atoms with Crippen LogP contribution in [0.1, 0.15) is 55.7 Å². The van der Waals surface area contributed by atoms with Gasteiger partial charge in [0.1, 0.15) is 22.8 Å². The van der Waals surface area contributed by atoms with Crippen molar-refractivity contribution in [2.45, 2.75) is 32.0 Å². The summed E-state index contributed by atoms with van der Waals surface area (Å²) in [4.78, 5) is 69.7. The second-order valence-corrected chi connectivity index (χ2v) is 10.7. The first-order valence-electron chi connectivity index (χ1n) is 14.1. The number of nitrogen functional groups attached to an aromatic ring is 1. The number of tetrazole rings is 1. The zero-order valence-corrected chi connectivity index (χ0v) is 23.8. The molecule has 7 rings (SSSR count). The highest BCUT2D eigenvalue weighted by Crippen LogP contribution is 2.33. The van der Waals surface area contributed by atoms with Gasteiger partial charge < -0.3 is 21.7 Å². The normalized spacial score (nSPS) is 14.0. The third kappa shape index (κ3) is 5.14. The Bertz CT molecular complexity index is 2280. The lowest BCUT2D eigenvalue weighted by molar-refractivity contribution is 0.0929. The molecule has 3 aromatic carbocycles. The van der Waals surface area contributed by atoms with Gasteiger partial charge in [-0.15, -0.1) is 10.2 Å². The number of carbonyl (C=O) groups excluding carboxylic acids is 2. The number of hydrogen-bond acceptors (Lipinski definition) is 12. The summed E-state index contributed by atoms with van der Waals surface area (Å²) in [6.45, 7) is 0.355. The summed E-state index contributed by atoms with van der Waals surface area (Å²) >= 11 is 0. The number of rotatable bonds is 9. The highest BCUT2D eigenvalue weighted by Gasteiger charge is 2.27. The van der Waals surface area contributed by atoms with Crippen molar-refractivity contribution < 1.29 is 9.59 Å². The molecule has 2 amide bonds. The Kier molecular flexibility index (Phi) is 6.88. The van der Waals surface area contributed by atoms with Gasteiger partial charge >= 0.3 is 5.69 Å². The second-order valence-electron chi connectivity index (χ2n) is 10.7. The first-order valence-corrected chi connectivity index (χ1v) is 14.1. The maximum absolute atomic E-state index is 13.5. The molecule has 0 radical (unpaired) electrons. The number of aryl methyl sites for hydroxylation is 1. The van der Waals surface area contributed by atoms with Crippen molar-refractivity contribution in [3.63, 3.8) is 0 Å². The number of carbonyl (C=O) groups is 2. The number of H-pyrrole nitrogens is 2. The predicted molar refractivity (Wildman–Crippen MR) is 162 cm³/mol. The van der Waals surface area contributed by atoms with Gasteiger partial charge in [-0.3, -0.25) is 19.2 Å². The van der Waals surface area contributed by atoms with E-state index in [1.807, 2.05) is 30.3 Å². The molecule has 7 N–H and O–H groups in total. The quantitative estimate of drug-likeness (QED) is 0.114. The third-order valence-electron chi connectivity index (χ3n) is 7.80. The molecule has 0 saturated carbocycles. The van der Waals surface area contributed by atoms with Crippen molar-refractivity contribution in [1.82, 2.24) is 50.8 Å². The summed E-state index contributed by atoms with van der Waals surface area (Å²) in [5, 5.41) is 25.1. The van der Waals surface area contributed by atoms with E-state index in [4.69, 9.17) is 5.73 Å². The molecular formula is C29H24N12O5. The van der Waals surface area contributed by atoms with Crippen LogP contribution in [-0.2, 0) is 19.5 Å². The number of nitrogens with one attached hydrogen (secondary N) is 5. The molecular weight excluding hydrogens is 596 g/mol. The van der Waals surface area contributed by atoms with Crippen LogP contribution in [0.3, 0.4) is 0 Å². The molecule has 1 aliphatic rings. The van der Waals surface area contributed by atoms with Crippen LogP contribution >= 0.6 is 0 Å². The van der Waals surface area contributed by atoms with E-state index < -0.39 is 28.4 Å². The zero-order valence-electron chi connectivity index (χ0n) is 23.8. The van der Waals surface area contributed by atoms with Crippen LogP contribution in [0.15, 0.2) is 62.9 Å². The molecule has 0 unspecified atom stereocenters. The maximum Gasteiger partial charge on any atom is 0.363 e. The Morgan fingerprint density at radius 2 is 1.80 bits per heavy atom. The molecule has 17 heteroatoms. The van der Waals surface area contributed by atoms with Crippen LogP contribution in [0, 0.1) is 0 Å². The van der Waals surface area contributed by atoms with Gasteiger partial charge in [0.15, 0.2) is 0 Å². The molecule has 17 nitrogen and oxygen atoms in total. The van der Waals surface area contributed by atoms with Gasteiger partial charge in [0, 0.05) is 24.7 Å². The molecule has 46 heavy (non-hydrogen) atoms. The number of anilines is 2. The smallest absolute Gasteiger partial charge is 0.363 e. The Balaban J connectivity index is 1.06. The van der Waals surface area contributed by atoms with Gasteiger partial charge in [0.05, 0.1) is 6.04 Å². The van der Waals surface area contributed by atoms with Crippen molar-refractivity contribution in [3.8, 4) is 11.4 Å². The van der Waals surface area contributed by atoms with Gasteiger partial charge in [-0.05, 0) is 46.4 Å². The van der Waals surface area contributed by atoms with E-state index in [2.05, 4.69) is 51.6 Å². The van der Waals surface area contributed by atoms with Crippen LogP contribution in [-0.4, -0.2) is 52.0 Å². The minimum absolute atomic E-state index is 0.0210. The lowest BCUT2D eigenvalue weighted by Crippen LogP contribution is -2.36. The number of hydrogen-bond donors (Lipinski definition) is 6. The summed E-state index contributed by atoms with van der Waals surface area (Å²) in [7, 11) is 0. The number of amides is 2. The van der Waals surface area contributed by atoms with Crippen molar-refractivity contribution >= 4 is 29.0 Å². The van der Waals surface area contributed by atoms with Gasteiger partial charge in [0.2, 0.25) is 5.82 Å². The number of benzene rings is 2. The predicted octanol–water partition coefficient (Wildman–Crippen LogP) is -0.265. The van der Waals surface area contributed by atoms with Crippen molar-refractivity contribution in [2.75, 3.05) is 11.1 Å². The molecule has 1 atom stereocenters. The lowest BCUT2D eigenvalue weighted by Gasteiger charge is -2.15. The second kappa shape index (κ2) is 11.2. The number of nitrogens with two attached hydrogens (primary N) is 1. The monoisotopic (exact) mass is 620 g/mol. The molecule has 0 aliphatic heterocycles. The summed E-state index contributed by atoms with van der Waals surface area (Å²) in [5.41, 5.74) is 7.66. The van der Waals surface area contributed by atoms with Crippen LogP contribution in [0.25, 0.3) is 17.2 Å². The van der Waals surface area contributed by atoms with Crippen molar-refractivity contribution in [3.05, 3.63) is 113 Å². The van der Waals surface area contributed by atoms with Crippen LogP contribution in [0.5, 0.6) is 0 Å². The van der Waals surface area contributed by atoms with E-state index in [0.29, 0.717) is 18.7 Å². The topological polar surface area (TPSA) is 248 Å². The third-order valence-corrected chi connectivity index (χ3v) is 7.80. The minimum atomic E-state index is -0.727. The molecule has 6 aromatic rings. The van der Waals surface area contributed by atoms with E-state index in [-0.39, 0.29) is 47.7 Å². The van der Waals surface area contributed by atoms with E-state index >= 15 is 0 Å². The average Bonchev–Trinajstić information content (AvgIpc) is 3.83. The highest BCUT2D eigenvalue weighted by molar-refractivity contribution is 5.98. The van der Waals surface area contributed by atoms with Crippen molar-refractivity contribution in [2.24, 2.45) is 0 Å².